The predicted octanol–water partition coefficient (Wildman–Crippen LogP) is 1.52. The molecule has 0 aliphatic carbocycles. The van der Waals surface area contributed by atoms with Gasteiger partial charge in [-0.3, -0.25) is 4.79 Å². The Labute approximate surface area is 130 Å². The monoisotopic (exact) mass is 333 g/mol. The SMILES string of the molecule is CC(C)CC(NS(=O)(=O)c1cccnc1Cl)C(=O)N(C)C. The second-order valence-electron chi connectivity index (χ2n) is 5.33. The highest BCUT2D eigenvalue weighted by Crippen LogP contribution is 2.19. The summed E-state index contributed by atoms with van der Waals surface area (Å²) in [6.45, 7) is 3.84. The first-order chi connectivity index (χ1) is 9.65. The Morgan fingerprint density at radius 3 is 2.52 bits per heavy atom. The fourth-order valence-electron chi connectivity index (χ4n) is 1.80. The Morgan fingerprint density at radius 1 is 1.43 bits per heavy atom. The van der Waals surface area contributed by atoms with Gasteiger partial charge in [-0.25, -0.2) is 13.4 Å². The fourth-order valence-corrected chi connectivity index (χ4v) is 3.46. The summed E-state index contributed by atoms with van der Waals surface area (Å²) in [6.07, 6.45) is 1.80. The van der Waals surface area contributed by atoms with Crippen molar-refractivity contribution >= 4 is 27.5 Å². The summed E-state index contributed by atoms with van der Waals surface area (Å²) in [5, 5.41) is -0.120. The van der Waals surface area contributed by atoms with Gasteiger partial charge in [0.05, 0.1) is 0 Å². The number of hydrogen-bond donors (Lipinski definition) is 1. The van der Waals surface area contributed by atoms with Crippen LogP contribution in [0.5, 0.6) is 0 Å². The van der Waals surface area contributed by atoms with E-state index in [1.807, 2.05) is 13.8 Å². The van der Waals surface area contributed by atoms with Crippen LogP contribution in [0.25, 0.3) is 0 Å². The number of hydrogen-bond acceptors (Lipinski definition) is 4. The lowest BCUT2D eigenvalue weighted by molar-refractivity contribution is -0.130. The van der Waals surface area contributed by atoms with Gasteiger partial charge in [-0.2, -0.15) is 4.72 Å². The number of aromatic nitrogens is 1. The zero-order valence-corrected chi connectivity index (χ0v) is 14.1. The standard InChI is InChI=1S/C13H20ClN3O3S/c1-9(2)8-10(13(18)17(3)4)16-21(19,20)11-6-5-7-15-12(11)14/h5-7,9-10,16H,8H2,1-4H3. The molecule has 0 aromatic carbocycles. The molecule has 1 aromatic rings. The maximum atomic E-state index is 12.4. The molecule has 21 heavy (non-hydrogen) atoms. The van der Waals surface area contributed by atoms with E-state index in [1.165, 1.54) is 23.2 Å². The molecule has 1 N–H and O–H groups in total. The number of carbonyl (C=O) groups excluding carboxylic acids is 1. The number of sulfonamides is 1. The highest BCUT2D eigenvalue weighted by atomic mass is 35.5. The highest BCUT2D eigenvalue weighted by molar-refractivity contribution is 7.89. The molecule has 1 unspecified atom stereocenters. The Morgan fingerprint density at radius 2 is 2.05 bits per heavy atom. The molecule has 0 saturated carbocycles. The van der Waals surface area contributed by atoms with Crippen molar-refractivity contribution in [3.63, 3.8) is 0 Å². The number of pyridine rings is 1. The topological polar surface area (TPSA) is 79.4 Å². The zero-order valence-electron chi connectivity index (χ0n) is 12.5. The minimum Gasteiger partial charge on any atom is -0.347 e. The number of amides is 1. The fraction of sp³-hybridized carbons (Fsp3) is 0.538. The van der Waals surface area contributed by atoms with Crippen molar-refractivity contribution in [1.82, 2.24) is 14.6 Å². The number of halogens is 1. The largest absolute Gasteiger partial charge is 0.347 e. The quantitative estimate of drug-likeness (QED) is 0.800. The van der Waals surface area contributed by atoms with Crippen LogP contribution in [-0.4, -0.2) is 44.3 Å². The molecule has 0 spiro atoms. The number of nitrogens with one attached hydrogen (secondary N) is 1. The lowest BCUT2D eigenvalue weighted by atomic mass is 10.0. The van der Waals surface area contributed by atoms with Crippen LogP contribution in [0.15, 0.2) is 23.2 Å². The van der Waals surface area contributed by atoms with Crippen molar-refractivity contribution in [2.45, 2.75) is 31.2 Å². The van der Waals surface area contributed by atoms with Gasteiger partial charge >= 0.3 is 0 Å². The first-order valence-corrected chi connectivity index (χ1v) is 8.35. The molecular weight excluding hydrogens is 314 g/mol. The van der Waals surface area contributed by atoms with E-state index >= 15 is 0 Å². The third-order valence-electron chi connectivity index (χ3n) is 2.76. The molecule has 0 aliphatic rings. The molecule has 6 nitrogen and oxygen atoms in total. The first kappa shape index (κ1) is 17.9. The zero-order chi connectivity index (χ0) is 16.2. The summed E-state index contributed by atoms with van der Waals surface area (Å²) in [4.78, 5) is 17.1. The highest BCUT2D eigenvalue weighted by Gasteiger charge is 2.28. The molecule has 1 rings (SSSR count). The molecule has 8 heteroatoms. The Kier molecular flexibility index (Phi) is 6.12. The van der Waals surface area contributed by atoms with Crippen molar-refractivity contribution in [2.24, 2.45) is 5.92 Å². The minimum atomic E-state index is -3.91. The molecule has 0 fully saturated rings. The van der Waals surface area contributed by atoms with Crippen molar-refractivity contribution < 1.29 is 13.2 Å². The maximum absolute atomic E-state index is 12.4. The molecule has 1 amide bonds. The van der Waals surface area contributed by atoms with Crippen molar-refractivity contribution in [1.29, 1.82) is 0 Å². The maximum Gasteiger partial charge on any atom is 0.244 e. The Bertz CT molecular complexity index is 602. The summed E-state index contributed by atoms with van der Waals surface area (Å²) in [5.41, 5.74) is 0. The predicted molar refractivity (Wildman–Crippen MR) is 81.5 cm³/mol. The number of nitrogens with zero attached hydrogens (tertiary/aromatic N) is 2. The first-order valence-electron chi connectivity index (χ1n) is 6.49. The molecule has 1 aromatic heterocycles. The number of carbonyl (C=O) groups is 1. The summed E-state index contributed by atoms with van der Waals surface area (Å²) in [5.74, 6) is -0.141. The average molecular weight is 334 g/mol. The molecular formula is C13H20ClN3O3S. The minimum absolute atomic E-state index is 0.120. The van der Waals surface area contributed by atoms with Gasteiger partial charge in [-0.15, -0.1) is 0 Å². The van der Waals surface area contributed by atoms with Gasteiger partial charge in [0.15, 0.2) is 0 Å². The van der Waals surface area contributed by atoms with Crippen LogP contribution in [0.3, 0.4) is 0 Å². The van der Waals surface area contributed by atoms with E-state index in [1.54, 1.807) is 14.1 Å². The summed E-state index contributed by atoms with van der Waals surface area (Å²) < 4.78 is 27.2. The second kappa shape index (κ2) is 7.20. The van der Waals surface area contributed by atoms with Crippen LogP contribution in [-0.2, 0) is 14.8 Å². The van der Waals surface area contributed by atoms with Crippen LogP contribution in [0, 0.1) is 5.92 Å². The van der Waals surface area contributed by atoms with E-state index in [0.29, 0.717) is 6.42 Å². The summed E-state index contributed by atoms with van der Waals surface area (Å²) >= 11 is 5.81. The number of rotatable bonds is 6. The van der Waals surface area contributed by atoms with E-state index < -0.39 is 16.1 Å². The third kappa shape index (κ3) is 4.94. The van der Waals surface area contributed by atoms with Gasteiger partial charge in [0.25, 0.3) is 0 Å². The Hall–Kier alpha value is -1.18. The van der Waals surface area contributed by atoms with Crippen molar-refractivity contribution in [3.8, 4) is 0 Å². The molecule has 0 radical (unpaired) electrons. The summed E-state index contributed by atoms with van der Waals surface area (Å²) in [6, 6.07) is 2.00. The average Bonchev–Trinajstić information content (AvgIpc) is 2.36. The van der Waals surface area contributed by atoms with Crippen LogP contribution < -0.4 is 4.72 Å². The van der Waals surface area contributed by atoms with E-state index in [0.717, 1.165) is 0 Å². The van der Waals surface area contributed by atoms with Crippen LogP contribution >= 0.6 is 11.6 Å². The van der Waals surface area contributed by atoms with E-state index in [-0.39, 0.29) is 21.9 Å². The normalized spacial score (nSPS) is 13.2. The van der Waals surface area contributed by atoms with Crippen LogP contribution in [0.1, 0.15) is 20.3 Å². The lowest BCUT2D eigenvalue weighted by Gasteiger charge is -2.23. The number of likely N-dealkylation sites (N-methyl/N-ethyl adjacent to an activating group) is 1. The second-order valence-corrected chi connectivity index (χ2v) is 7.37. The van der Waals surface area contributed by atoms with Crippen molar-refractivity contribution in [3.05, 3.63) is 23.5 Å². The molecule has 0 bridgehead atoms. The van der Waals surface area contributed by atoms with Crippen LogP contribution in [0.4, 0.5) is 0 Å². The van der Waals surface area contributed by atoms with Gasteiger partial charge in [-0.05, 0) is 24.5 Å². The molecule has 1 atom stereocenters. The smallest absolute Gasteiger partial charge is 0.244 e. The molecule has 1 heterocycles. The molecule has 118 valence electrons. The van der Waals surface area contributed by atoms with Gasteiger partial charge in [0, 0.05) is 20.3 Å². The molecule has 0 saturated heterocycles. The van der Waals surface area contributed by atoms with Gasteiger partial charge in [0.2, 0.25) is 15.9 Å². The van der Waals surface area contributed by atoms with E-state index in [9.17, 15) is 13.2 Å². The van der Waals surface area contributed by atoms with E-state index in [4.69, 9.17) is 11.6 Å². The van der Waals surface area contributed by atoms with Gasteiger partial charge < -0.3 is 4.90 Å². The van der Waals surface area contributed by atoms with E-state index in [2.05, 4.69) is 9.71 Å². The summed E-state index contributed by atoms with van der Waals surface area (Å²) in [7, 11) is -0.738. The molecule has 0 aliphatic heterocycles. The van der Waals surface area contributed by atoms with Gasteiger partial charge in [0.1, 0.15) is 16.1 Å². The lowest BCUT2D eigenvalue weighted by Crippen LogP contribution is -2.46. The Balaban J connectivity index is 3.07. The van der Waals surface area contributed by atoms with Crippen LogP contribution in [0.2, 0.25) is 5.15 Å². The third-order valence-corrected chi connectivity index (χ3v) is 4.67. The van der Waals surface area contributed by atoms with Crippen molar-refractivity contribution in [2.75, 3.05) is 14.1 Å². The van der Waals surface area contributed by atoms with Gasteiger partial charge in [-0.1, -0.05) is 25.4 Å².